The van der Waals surface area contributed by atoms with E-state index < -0.39 is 15.8 Å². The van der Waals surface area contributed by atoms with Crippen molar-refractivity contribution in [3.63, 3.8) is 0 Å². The van der Waals surface area contributed by atoms with E-state index in [0.29, 0.717) is 30.9 Å². The lowest BCUT2D eigenvalue weighted by Crippen LogP contribution is -2.43. The smallest absolute Gasteiger partial charge is 0.243 e. The van der Waals surface area contributed by atoms with Crippen LogP contribution in [0.4, 0.5) is 4.39 Å². The number of nitrogens with zero attached hydrogens (tertiary/aromatic N) is 2. The van der Waals surface area contributed by atoms with Gasteiger partial charge in [-0.25, -0.2) is 12.8 Å². The van der Waals surface area contributed by atoms with E-state index in [1.54, 1.807) is 38.3 Å². The zero-order chi connectivity index (χ0) is 23.5. The molecule has 0 atom stereocenters. The number of carbonyl (C=O) groups is 1. The summed E-state index contributed by atoms with van der Waals surface area (Å²) in [7, 11) is 1.04. The van der Waals surface area contributed by atoms with Crippen LogP contribution in [0, 0.1) is 11.7 Å². The predicted molar refractivity (Wildman–Crippen MR) is 119 cm³/mol. The Labute approximate surface area is 192 Å². The molecule has 174 valence electrons. The van der Waals surface area contributed by atoms with Crippen LogP contribution >= 0.6 is 11.6 Å². The van der Waals surface area contributed by atoms with Crippen LogP contribution in [-0.2, 0) is 21.4 Å². The Bertz CT molecular complexity index is 1090. The van der Waals surface area contributed by atoms with Gasteiger partial charge in [-0.2, -0.15) is 4.31 Å². The summed E-state index contributed by atoms with van der Waals surface area (Å²) in [5, 5.41) is -0.244. The molecule has 0 unspecified atom stereocenters. The molecule has 7 nitrogen and oxygen atoms in total. The van der Waals surface area contributed by atoms with Gasteiger partial charge in [0.1, 0.15) is 17.3 Å². The van der Waals surface area contributed by atoms with Crippen molar-refractivity contribution >= 4 is 27.5 Å². The Kier molecular flexibility index (Phi) is 7.63. The molecule has 2 aromatic carbocycles. The van der Waals surface area contributed by atoms with Crippen molar-refractivity contribution in [2.75, 3.05) is 34.4 Å². The van der Waals surface area contributed by atoms with Crippen molar-refractivity contribution in [3.8, 4) is 11.5 Å². The predicted octanol–water partition coefficient (Wildman–Crippen LogP) is 3.56. The van der Waals surface area contributed by atoms with E-state index in [4.69, 9.17) is 21.1 Å². The van der Waals surface area contributed by atoms with Crippen LogP contribution < -0.4 is 9.47 Å². The third kappa shape index (κ3) is 5.16. The molecular weight excluding hydrogens is 459 g/mol. The molecular formula is C22H26ClFN2O5S. The molecule has 0 aliphatic carbocycles. The molecule has 1 saturated heterocycles. The fourth-order valence-corrected chi connectivity index (χ4v) is 5.50. The van der Waals surface area contributed by atoms with Crippen molar-refractivity contribution in [2.24, 2.45) is 5.92 Å². The second-order valence-electron chi connectivity index (χ2n) is 7.63. The Hall–Kier alpha value is -2.36. The molecule has 0 saturated carbocycles. The van der Waals surface area contributed by atoms with Gasteiger partial charge in [0.15, 0.2) is 0 Å². The number of benzene rings is 2. The molecule has 2 aromatic rings. The van der Waals surface area contributed by atoms with Crippen LogP contribution in [-0.4, -0.2) is 57.9 Å². The molecule has 3 rings (SSSR count). The highest BCUT2D eigenvalue weighted by atomic mass is 35.5. The third-order valence-corrected chi connectivity index (χ3v) is 7.79. The van der Waals surface area contributed by atoms with Gasteiger partial charge in [-0.1, -0.05) is 11.6 Å². The van der Waals surface area contributed by atoms with Gasteiger partial charge < -0.3 is 14.4 Å². The molecule has 1 fully saturated rings. The van der Waals surface area contributed by atoms with Gasteiger partial charge in [0, 0.05) is 44.2 Å². The quantitative estimate of drug-likeness (QED) is 0.600. The van der Waals surface area contributed by atoms with Gasteiger partial charge in [0.2, 0.25) is 15.9 Å². The van der Waals surface area contributed by atoms with E-state index in [9.17, 15) is 17.6 Å². The number of sulfonamides is 1. The summed E-state index contributed by atoms with van der Waals surface area (Å²) in [6, 6.07) is 8.77. The van der Waals surface area contributed by atoms with Crippen LogP contribution in [0.1, 0.15) is 18.4 Å². The average molecular weight is 485 g/mol. The summed E-state index contributed by atoms with van der Waals surface area (Å²) in [6.07, 6.45) is 0.800. The summed E-state index contributed by atoms with van der Waals surface area (Å²) in [4.78, 5) is 14.5. The van der Waals surface area contributed by atoms with Crippen LogP contribution in [0.2, 0.25) is 5.02 Å². The fraction of sp³-hybridized carbons (Fsp3) is 0.409. The third-order valence-electron chi connectivity index (χ3n) is 5.61. The molecule has 1 amide bonds. The minimum atomic E-state index is -3.81. The Morgan fingerprint density at radius 1 is 1.16 bits per heavy atom. The van der Waals surface area contributed by atoms with E-state index >= 15 is 0 Å². The van der Waals surface area contributed by atoms with Gasteiger partial charge in [-0.15, -0.1) is 0 Å². The number of hydrogen-bond acceptors (Lipinski definition) is 5. The fourth-order valence-electron chi connectivity index (χ4n) is 3.76. The van der Waals surface area contributed by atoms with Crippen molar-refractivity contribution in [2.45, 2.75) is 24.3 Å². The second kappa shape index (κ2) is 10.1. The maximum atomic E-state index is 13.4. The first-order valence-electron chi connectivity index (χ1n) is 10.1. The zero-order valence-corrected chi connectivity index (χ0v) is 19.7. The maximum Gasteiger partial charge on any atom is 0.243 e. The first-order valence-corrected chi connectivity index (χ1v) is 11.9. The Morgan fingerprint density at radius 2 is 1.84 bits per heavy atom. The standard InChI is InChI=1S/C22H26ClFN2O5S/c1-25(14-16-4-5-17(30-2)12-21(16)31-3)22(27)15-8-10-26(11-9-15)32(28,29)18-6-7-20(24)19(23)13-18/h4-7,12-13,15H,8-11,14H2,1-3H3. The molecule has 0 spiro atoms. The number of methoxy groups -OCH3 is 2. The molecule has 1 aliphatic rings. The van der Waals surface area contributed by atoms with Crippen molar-refractivity contribution in [1.29, 1.82) is 0 Å². The van der Waals surface area contributed by atoms with E-state index in [1.807, 2.05) is 6.07 Å². The lowest BCUT2D eigenvalue weighted by Gasteiger charge is -2.32. The molecule has 0 bridgehead atoms. The first kappa shape index (κ1) is 24.3. The number of ether oxygens (including phenoxy) is 2. The molecule has 0 aromatic heterocycles. The van der Waals surface area contributed by atoms with Crippen molar-refractivity contribution < 1.29 is 27.1 Å². The molecule has 32 heavy (non-hydrogen) atoms. The summed E-state index contributed by atoms with van der Waals surface area (Å²) >= 11 is 5.74. The minimum absolute atomic E-state index is 0.0512. The van der Waals surface area contributed by atoms with Gasteiger partial charge in [0.25, 0.3) is 0 Å². The SMILES string of the molecule is COc1ccc(CN(C)C(=O)C2CCN(S(=O)(=O)c3ccc(F)c(Cl)c3)CC2)c(OC)c1. The lowest BCUT2D eigenvalue weighted by molar-refractivity contribution is -0.135. The number of carbonyl (C=O) groups excluding carboxylic acids is 1. The number of piperidine rings is 1. The van der Waals surface area contributed by atoms with Crippen molar-refractivity contribution in [3.05, 3.63) is 52.8 Å². The van der Waals surface area contributed by atoms with Crippen molar-refractivity contribution in [1.82, 2.24) is 9.21 Å². The van der Waals surface area contributed by atoms with Gasteiger partial charge in [-0.05, 0) is 43.2 Å². The lowest BCUT2D eigenvalue weighted by atomic mass is 9.96. The van der Waals surface area contributed by atoms with Crippen LogP contribution in [0.15, 0.2) is 41.3 Å². The summed E-state index contributed by atoms with van der Waals surface area (Å²) in [5.41, 5.74) is 0.845. The van der Waals surface area contributed by atoms with Crippen LogP contribution in [0.3, 0.4) is 0 Å². The van der Waals surface area contributed by atoms with E-state index in [1.165, 1.54) is 10.4 Å². The molecule has 1 aliphatic heterocycles. The van der Waals surface area contributed by atoms with Gasteiger partial charge in [0.05, 0.1) is 24.1 Å². The van der Waals surface area contributed by atoms with E-state index in [-0.39, 0.29) is 34.8 Å². The number of amides is 1. The minimum Gasteiger partial charge on any atom is -0.497 e. The summed E-state index contributed by atoms with van der Waals surface area (Å²) in [6.45, 7) is 0.763. The summed E-state index contributed by atoms with van der Waals surface area (Å²) < 4.78 is 51.0. The topological polar surface area (TPSA) is 76.2 Å². The monoisotopic (exact) mass is 484 g/mol. The van der Waals surface area contributed by atoms with Gasteiger partial charge in [-0.3, -0.25) is 4.79 Å². The first-order chi connectivity index (χ1) is 15.2. The molecule has 0 N–H and O–H groups in total. The Balaban J connectivity index is 1.63. The maximum absolute atomic E-state index is 13.4. The zero-order valence-electron chi connectivity index (χ0n) is 18.2. The van der Waals surface area contributed by atoms with E-state index in [2.05, 4.69) is 0 Å². The largest absolute Gasteiger partial charge is 0.497 e. The molecule has 1 heterocycles. The summed E-state index contributed by atoms with van der Waals surface area (Å²) in [5.74, 6) is 0.280. The van der Waals surface area contributed by atoms with E-state index in [0.717, 1.165) is 17.7 Å². The highest BCUT2D eigenvalue weighted by Gasteiger charge is 2.33. The second-order valence-corrected chi connectivity index (χ2v) is 9.97. The van der Waals surface area contributed by atoms with Crippen LogP contribution in [0.25, 0.3) is 0 Å². The average Bonchev–Trinajstić information content (AvgIpc) is 2.80. The normalized spacial score (nSPS) is 15.4. The van der Waals surface area contributed by atoms with Crippen LogP contribution in [0.5, 0.6) is 11.5 Å². The highest BCUT2D eigenvalue weighted by molar-refractivity contribution is 7.89. The Morgan fingerprint density at radius 3 is 2.44 bits per heavy atom. The molecule has 10 heteroatoms. The number of rotatable bonds is 7. The number of hydrogen-bond donors (Lipinski definition) is 0. The van der Waals surface area contributed by atoms with Gasteiger partial charge >= 0.3 is 0 Å². The molecule has 0 radical (unpaired) electrons. The number of halogens is 2. The highest BCUT2D eigenvalue weighted by Crippen LogP contribution is 2.29.